The zero-order valence-electron chi connectivity index (χ0n) is 10.5. The van der Waals surface area contributed by atoms with Crippen LogP contribution in [-0.2, 0) is 4.79 Å². The van der Waals surface area contributed by atoms with Gasteiger partial charge in [-0.3, -0.25) is 9.78 Å². The molecule has 0 spiro atoms. The van der Waals surface area contributed by atoms with Gasteiger partial charge in [-0.25, -0.2) is 10.2 Å². The Balaban J connectivity index is 2.85. The molecule has 0 unspecified atom stereocenters. The molecule has 6 nitrogen and oxygen atoms in total. The van der Waals surface area contributed by atoms with E-state index < -0.39 is 17.3 Å². The van der Waals surface area contributed by atoms with Gasteiger partial charge in [0.25, 0.3) is 5.91 Å². The van der Waals surface area contributed by atoms with Gasteiger partial charge in [0.15, 0.2) is 5.71 Å². The summed E-state index contributed by atoms with van der Waals surface area (Å²) in [5.41, 5.74) is 1.83. The molecule has 2 N–H and O–H groups in total. The topological polar surface area (TPSA) is 91.7 Å². The van der Waals surface area contributed by atoms with Gasteiger partial charge in [-0.1, -0.05) is 20.8 Å². The number of carbonyl (C=O) groups is 2. The Bertz CT molecular complexity index is 475. The summed E-state index contributed by atoms with van der Waals surface area (Å²) in [5.74, 6) is -1.63. The van der Waals surface area contributed by atoms with Crippen molar-refractivity contribution in [2.24, 2.45) is 10.5 Å². The first kappa shape index (κ1) is 13.8. The van der Waals surface area contributed by atoms with Crippen LogP contribution in [0.15, 0.2) is 29.6 Å². The first-order valence-electron chi connectivity index (χ1n) is 5.34. The van der Waals surface area contributed by atoms with E-state index in [0.29, 0.717) is 5.56 Å². The maximum absolute atomic E-state index is 11.7. The largest absolute Gasteiger partial charge is 0.477 e. The van der Waals surface area contributed by atoms with Crippen LogP contribution in [0, 0.1) is 5.41 Å². The second-order valence-corrected chi connectivity index (χ2v) is 4.69. The van der Waals surface area contributed by atoms with Gasteiger partial charge in [0.2, 0.25) is 0 Å². The van der Waals surface area contributed by atoms with Crippen molar-refractivity contribution < 1.29 is 14.7 Å². The standard InChI is InChI=1S/C12H15N3O3/c1-12(2,3)9(11(17)18)14-15-10(16)8-4-6-13-7-5-8/h4-7H,1-3H3,(H,15,16)(H,17,18)/b14-9-. The summed E-state index contributed by atoms with van der Waals surface area (Å²) in [6, 6.07) is 3.03. The highest BCUT2D eigenvalue weighted by atomic mass is 16.4. The molecular weight excluding hydrogens is 234 g/mol. The van der Waals surface area contributed by atoms with E-state index in [1.165, 1.54) is 24.5 Å². The van der Waals surface area contributed by atoms with Crippen LogP contribution in [0.3, 0.4) is 0 Å². The molecule has 0 aliphatic rings. The predicted octanol–water partition coefficient (Wildman–Crippen LogP) is 1.30. The number of amides is 1. The fourth-order valence-corrected chi connectivity index (χ4v) is 1.21. The average molecular weight is 249 g/mol. The summed E-state index contributed by atoms with van der Waals surface area (Å²) in [7, 11) is 0. The number of hydrogen-bond acceptors (Lipinski definition) is 4. The van der Waals surface area contributed by atoms with Crippen molar-refractivity contribution in [2.45, 2.75) is 20.8 Å². The van der Waals surface area contributed by atoms with Gasteiger partial charge in [0.05, 0.1) is 0 Å². The third kappa shape index (κ3) is 3.65. The van der Waals surface area contributed by atoms with E-state index in [2.05, 4.69) is 15.5 Å². The summed E-state index contributed by atoms with van der Waals surface area (Å²) in [6.07, 6.45) is 2.95. The smallest absolute Gasteiger partial charge is 0.352 e. The van der Waals surface area contributed by atoms with Crippen LogP contribution in [-0.4, -0.2) is 27.7 Å². The number of carboxylic acids is 1. The summed E-state index contributed by atoms with van der Waals surface area (Å²) < 4.78 is 0. The number of carbonyl (C=O) groups excluding carboxylic acids is 1. The monoisotopic (exact) mass is 249 g/mol. The molecule has 6 heteroatoms. The van der Waals surface area contributed by atoms with Gasteiger partial charge in [-0.05, 0) is 12.1 Å². The van der Waals surface area contributed by atoms with E-state index >= 15 is 0 Å². The first-order valence-corrected chi connectivity index (χ1v) is 5.34. The highest BCUT2D eigenvalue weighted by Crippen LogP contribution is 2.15. The van der Waals surface area contributed by atoms with E-state index in [-0.39, 0.29) is 5.71 Å². The molecule has 96 valence electrons. The molecule has 1 amide bonds. The number of rotatable bonds is 3. The van der Waals surface area contributed by atoms with E-state index in [1.807, 2.05) is 0 Å². The molecule has 0 aromatic carbocycles. The van der Waals surface area contributed by atoms with Crippen LogP contribution in [0.4, 0.5) is 0 Å². The van der Waals surface area contributed by atoms with Crippen LogP contribution >= 0.6 is 0 Å². The molecule has 18 heavy (non-hydrogen) atoms. The second kappa shape index (κ2) is 5.39. The predicted molar refractivity (Wildman–Crippen MR) is 66.2 cm³/mol. The number of hydrazone groups is 1. The van der Waals surface area contributed by atoms with Gasteiger partial charge in [-0.2, -0.15) is 5.10 Å². The Morgan fingerprint density at radius 3 is 2.28 bits per heavy atom. The highest BCUT2D eigenvalue weighted by Gasteiger charge is 2.26. The summed E-state index contributed by atoms with van der Waals surface area (Å²) in [5, 5.41) is 12.7. The van der Waals surface area contributed by atoms with Crippen molar-refractivity contribution in [3.05, 3.63) is 30.1 Å². The highest BCUT2D eigenvalue weighted by molar-refractivity contribution is 6.37. The number of pyridine rings is 1. The van der Waals surface area contributed by atoms with E-state index in [9.17, 15) is 9.59 Å². The minimum Gasteiger partial charge on any atom is -0.477 e. The van der Waals surface area contributed by atoms with Crippen molar-refractivity contribution >= 4 is 17.6 Å². The molecule has 1 heterocycles. The number of nitrogens with one attached hydrogen (secondary N) is 1. The SMILES string of the molecule is CC(C)(C)/C(=N\NC(=O)c1ccncc1)C(=O)O. The fourth-order valence-electron chi connectivity index (χ4n) is 1.21. The Labute approximate surface area is 105 Å². The van der Waals surface area contributed by atoms with Gasteiger partial charge in [0.1, 0.15) is 0 Å². The van der Waals surface area contributed by atoms with Crippen LogP contribution < -0.4 is 5.43 Å². The Morgan fingerprint density at radius 1 is 1.28 bits per heavy atom. The van der Waals surface area contributed by atoms with Crippen molar-refractivity contribution in [1.82, 2.24) is 10.4 Å². The summed E-state index contributed by atoms with van der Waals surface area (Å²) >= 11 is 0. The van der Waals surface area contributed by atoms with Crippen LogP contribution in [0.5, 0.6) is 0 Å². The molecule has 0 saturated heterocycles. The maximum Gasteiger partial charge on any atom is 0.352 e. The quantitative estimate of drug-likeness (QED) is 0.623. The Kier molecular flexibility index (Phi) is 4.14. The number of carboxylic acid groups (broad SMARTS) is 1. The fraction of sp³-hybridized carbons (Fsp3) is 0.333. The van der Waals surface area contributed by atoms with Crippen LogP contribution in [0.1, 0.15) is 31.1 Å². The normalized spacial score (nSPS) is 12.1. The van der Waals surface area contributed by atoms with Crippen LogP contribution in [0.25, 0.3) is 0 Å². The molecule has 0 aliphatic carbocycles. The van der Waals surface area contributed by atoms with E-state index in [1.54, 1.807) is 20.8 Å². The minimum atomic E-state index is -1.16. The Hall–Kier alpha value is -2.24. The van der Waals surface area contributed by atoms with Crippen molar-refractivity contribution in [2.75, 3.05) is 0 Å². The lowest BCUT2D eigenvalue weighted by atomic mass is 9.90. The van der Waals surface area contributed by atoms with Crippen LogP contribution in [0.2, 0.25) is 0 Å². The molecule has 0 fully saturated rings. The van der Waals surface area contributed by atoms with Gasteiger partial charge in [-0.15, -0.1) is 0 Å². The lowest BCUT2D eigenvalue weighted by molar-refractivity contribution is -0.129. The average Bonchev–Trinajstić information content (AvgIpc) is 2.28. The molecule has 1 aromatic heterocycles. The van der Waals surface area contributed by atoms with Gasteiger partial charge < -0.3 is 5.11 Å². The summed E-state index contributed by atoms with van der Waals surface area (Å²) in [6.45, 7) is 5.12. The molecule has 0 saturated carbocycles. The zero-order chi connectivity index (χ0) is 13.8. The lowest BCUT2D eigenvalue weighted by Gasteiger charge is -2.17. The van der Waals surface area contributed by atoms with E-state index in [0.717, 1.165) is 0 Å². The summed E-state index contributed by atoms with van der Waals surface area (Å²) in [4.78, 5) is 26.4. The number of hydrogen-bond donors (Lipinski definition) is 2. The first-order chi connectivity index (χ1) is 8.32. The molecule has 1 rings (SSSR count). The number of nitrogens with zero attached hydrogens (tertiary/aromatic N) is 2. The molecule has 0 bridgehead atoms. The minimum absolute atomic E-state index is 0.107. The Morgan fingerprint density at radius 2 is 1.83 bits per heavy atom. The second-order valence-electron chi connectivity index (χ2n) is 4.69. The van der Waals surface area contributed by atoms with Gasteiger partial charge >= 0.3 is 5.97 Å². The van der Waals surface area contributed by atoms with Crippen molar-refractivity contribution in [3.8, 4) is 0 Å². The number of aliphatic carboxylic acids is 1. The van der Waals surface area contributed by atoms with E-state index in [4.69, 9.17) is 5.11 Å². The van der Waals surface area contributed by atoms with Gasteiger partial charge in [0, 0.05) is 23.4 Å². The molecule has 0 aliphatic heterocycles. The zero-order valence-corrected chi connectivity index (χ0v) is 10.5. The van der Waals surface area contributed by atoms with Crippen molar-refractivity contribution in [3.63, 3.8) is 0 Å². The molecular formula is C12H15N3O3. The maximum atomic E-state index is 11.7. The number of aromatic nitrogens is 1. The molecule has 0 atom stereocenters. The third-order valence-corrected chi connectivity index (χ3v) is 2.12. The lowest BCUT2D eigenvalue weighted by Crippen LogP contribution is -2.32. The molecule has 0 radical (unpaired) electrons. The van der Waals surface area contributed by atoms with Crippen molar-refractivity contribution in [1.29, 1.82) is 0 Å². The third-order valence-electron chi connectivity index (χ3n) is 2.12. The molecule has 1 aromatic rings.